The van der Waals surface area contributed by atoms with E-state index in [-0.39, 0.29) is 60.4 Å². The first-order chi connectivity index (χ1) is 14.1. The van der Waals surface area contributed by atoms with Crippen LogP contribution < -0.4 is 26.6 Å². The normalized spacial score (nSPS) is 26.5. The van der Waals surface area contributed by atoms with E-state index in [1.54, 1.807) is 4.90 Å². The van der Waals surface area contributed by atoms with Gasteiger partial charge in [-0.2, -0.15) is 0 Å². The Morgan fingerprint density at radius 3 is 2.23 bits per heavy atom. The highest BCUT2D eigenvalue weighted by Gasteiger charge is 2.52. The first-order valence-corrected chi connectivity index (χ1v) is 9.92. The summed E-state index contributed by atoms with van der Waals surface area (Å²) in [4.78, 5) is 29.0. The number of anilines is 2. The van der Waals surface area contributed by atoms with Crippen molar-refractivity contribution in [3.05, 3.63) is 26.7 Å². The Morgan fingerprint density at radius 1 is 1.20 bits per heavy atom. The van der Waals surface area contributed by atoms with Gasteiger partial charge in [0.2, 0.25) is 0 Å². The number of nitrogens with two attached hydrogens (primary N) is 1. The Bertz CT molecular complexity index is 1120. The van der Waals surface area contributed by atoms with Crippen molar-refractivity contribution in [3.63, 3.8) is 0 Å². The molecule has 9 nitrogen and oxygen atoms in total. The van der Waals surface area contributed by atoms with E-state index in [0.717, 1.165) is 12.8 Å². The molecule has 2 aromatic rings. The van der Waals surface area contributed by atoms with Crippen LogP contribution in [0.1, 0.15) is 32.7 Å². The van der Waals surface area contributed by atoms with Crippen LogP contribution in [0.3, 0.4) is 0 Å². The number of fused-ring (bicyclic) bond motifs is 1. The summed E-state index contributed by atoms with van der Waals surface area (Å²) in [5, 5.41) is 19.9. The Kier molecular flexibility index (Phi) is 4.62. The number of nitrogen functional groups attached to an aromatic ring is 1. The van der Waals surface area contributed by atoms with E-state index in [0.29, 0.717) is 0 Å². The molecule has 1 aromatic carbocycles. The minimum atomic E-state index is -0.826. The summed E-state index contributed by atoms with van der Waals surface area (Å²) in [6.45, 7) is 3.69. The fourth-order valence-corrected chi connectivity index (χ4v) is 4.55. The number of nitrogens with zero attached hydrogens (tertiary/aromatic N) is 2. The number of benzene rings is 1. The summed E-state index contributed by atoms with van der Waals surface area (Å²) < 4.78 is 22.5. The molecule has 4 rings (SSSR count). The number of nitrogens with one attached hydrogen (secondary N) is 1. The highest BCUT2D eigenvalue weighted by molar-refractivity contribution is 5.99. The van der Waals surface area contributed by atoms with E-state index in [9.17, 15) is 19.8 Å². The number of methoxy groups -OCH3 is 1. The lowest BCUT2D eigenvalue weighted by atomic mass is 9.69. The van der Waals surface area contributed by atoms with Gasteiger partial charge in [-0.25, -0.2) is 9.18 Å². The summed E-state index contributed by atoms with van der Waals surface area (Å²) in [5.74, 6) is -0.775. The zero-order valence-electron chi connectivity index (χ0n) is 17.3. The van der Waals surface area contributed by atoms with Gasteiger partial charge in [-0.1, -0.05) is 13.8 Å². The van der Waals surface area contributed by atoms with Crippen molar-refractivity contribution in [1.82, 2.24) is 9.55 Å². The SMILES string of the molecule is COc1c(N2CC(C)(CO)C(C)(CO)C2)c(F)c(N)c2c(=O)[nH]c(=O)n(C3CC3)c12. The monoisotopic (exact) mass is 422 g/mol. The average molecular weight is 422 g/mol. The van der Waals surface area contributed by atoms with E-state index < -0.39 is 27.9 Å². The summed E-state index contributed by atoms with van der Waals surface area (Å²) in [5.41, 5.74) is 3.11. The van der Waals surface area contributed by atoms with Crippen LogP contribution in [0.5, 0.6) is 5.75 Å². The topological polar surface area (TPSA) is 134 Å². The molecule has 1 saturated heterocycles. The summed E-state index contributed by atoms with van der Waals surface area (Å²) in [6, 6.07) is -0.118. The molecule has 1 aromatic heterocycles. The van der Waals surface area contributed by atoms with Crippen LogP contribution in [0, 0.1) is 16.6 Å². The maximum absolute atomic E-state index is 15.6. The van der Waals surface area contributed by atoms with Crippen LogP contribution in [0.4, 0.5) is 15.8 Å². The fraction of sp³-hybridized carbons (Fsp3) is 0.600. The highest BCUT2D eigenvalue weighted by atomic mass is 19.1. The Hall–Kier alpha value is -2.59. The molecule has 2 atom stereocenters. The van der Waals surface area contributed by atoms with Crippen molar-refractivity contribution in [3.8, 4) is 5.75 Å². The number of aliphatic hydroxyl groups is 2. The van der Waals surface area contributed by atoms with E-state index in [1.165, 1.54) is 11.7 Å². The minimum Gasteiger partial charge on any atom is -0.492 e. The van der Waals surface area contributed by atoms with Gasteiger partial charge in [0, 0.05) is 30.0 Å². The van der Waals surface area contributed by atoms with E-state index >= 15 is 4.39 Å². The van der Waals surface area contributed by atoms with Crippen molar-refractivity contribution >= 4 is 22.3 Å². The van der Waals surface area contributed by atoms with E-state index in [1.807, 2.05) is 13.8 Å². The quantitative estimate of drug-likeness (QED) is 0.518. The van der Waals surface area contributed by atoms with Crippen molar-refractivity contribution in [2.24, 2.45) is 10.8 Å². The van der Waals surface area contributed by atoms with Gasteiger partial charge < -0.3 is 25.6 Å². The molecule has 30 heavy (non-hydrogen) atoms. The number of ether oxygens (including phenoxy) is 1. The lowest BCUT2D eigenvalue weighted by Crippen LogP contribution is -2.41. The standard InChI is InChI=1S/C20H27FN4O5/c1-19(8-26)6-24(7-20(19,2)9-27)15-12(21)13(22)11-14(16(15)30-3)25(10-4-5-10)18(29)23-17(11)28/h10,26-27H,4-9,22H2,1-3H3,(H,23,28,29). The second-order valence-corrected chi connectivity index (χ2v) is 8.99. The predicted molar refractivity (Wildman–Crippen MR) is 111 cm³/mol. The maximum Gasteiger partial charge on any atom is 0.329 e. The second-order valence-electron chi connectivity index (χ2n) is 8.99. The molecule has 0 amide bonds. The largest absolute Gasteiger partial charge is 0.492 e. The van der Waals surface area contributed by atoms with Crippen LogP contribution in [0.25, 0.3) is 10.9 Å². The molecule has 1 aliphatic heterocycles. The van der Waals surface area contributed by atoms with Gasteiger partial charge in [-0.05, 0) is 12.8 Å². The number of hydrogen-bond donors (Lipinski definition) is 4. The first kappa shape index (κ1) is 20.7. The number of hydrogen-bond acceptors (Lipinski definition) is 7. The van der Waals surface area contributed by atoms with Gasteiger partial charge in [0.15, 0.2) is 11.6 Å². The van der Waals surface area contributed by atoms with Gasteiger partial charge >= 0.3 is 5.69 Å². The zero-order valence-corrected chi connectivity index (χ0v) is 17.3. The van der Waals surface area contributed by atoms with Crippen LogP contribution in [0.2, 0.25) is 0 Å². The van der Waals surface area contributed by atoms with Crippen molar-refractivity contribution < 1.29 is 19.3 Å². The molecule has 2 aliphatic rings. The summed E-state index contributed by atoms with van der Waals surface area (Å²) in [7, 11) is 1.35. The molecule has 10 heteroatoms. The van der Waals surface area contributed by atoms with Gasteiger partial charge in [0.05, 0.1) is 31.4 Å². The molecule has 5 N–H and O–H groups in total. The number of aromatic amines is 1. The van der Waals surface area contributed by atoms with Gasteiger partial charge in [-0.15, -0.1) is 0 Å². The third-order valence-corrected chi connectivity index (χ3v) is 6.95. The number of aromatic nitrogens is 2. The molecule has 0 bridgehead atoms. The molecule has 1 saturated carbocycles. The van der Waals surface area contributed by atoms with Crippen LogP contribution >= 0.6 is 0 Å². The number of rotatable bonds is 5. The van der Waals surface area contributed by atoms with Gasteiger partial charge in [-0.3, -0.25) is 14.3 Å². The third kappa shape index (κ3) is 2.66. The Balaban J connectivity index is 2.05. The van der Waals surface area contributed by atoms with Crippen molar-refractivity contribution in [2.45, 2.75) is 32.7 Å². The Morgan fingerprint density at radius 2 is 1.77 bits per heavy atom. The molecule has 1 aliphatic carbocycles. The van der Waals surface area contributed by atoms with Crippen molar-refractivity contribution in [2.75, 3.05) is 44.0 Å². The minimum absolute atomic E-state index is 0.0266. The number of aliphatic hydroxyl groups excluding tert-OH is 2. The molecule has 0 spiro atoms. The molecule has 0 radical (unpaired) electrons. The second kappa shape index (κ2) is 6.71. The number of H-pyrrole nitrogens is 1. The molecule has 164 valence electrons. The lowest BCUT2D eigenvalue weighted by Gasteiger charge is -2.36. The highest BCUT2D eigenvalue weighted by Crippen LogP contribution is 2.51. The molecule has 2 heterocycles. The summed E-state index contributed by atoms with van der Waals surface area (Å²) in [6.07, 6.45) is 1.51. The predicted octanol–water partition coefficient (Wildman–Crippen LogP) is 0.572. The van der Waals surface area contributed by atoms with Crippen LogP contribution in [0.15, 0.2) is 9.59 Å². The molecular weight excluding hydrogens is 395 g/mol. The third-order valence-electron chi connectivity index (χ3n) is 6.95. The van der Waals surface area contributed by atoms with E-state index in [2.05, 4.69) is 4.98 Å². The van der Waals surface area contributed by atoms with Crippen molar-refractivity contribution in [1.29, 1.82) is 0 Å². The number of halogens is 1. The summed E-state index contributed by atoms with van der Waals surface area (Å²) >= 11 is 0. The molecule has 2 unspecified atom stereocenters. The molecule has 2 fully saturated rings. The van der Waals surface area contributed by atoms with Crippen LogP contribution in [-0.2, 0) is 0 Å². The smallest absolute Gasteiger partial charge is 0.329 e. The zero-order chi connectivity index (χ0) is 22.0. The first-order valence-electron chi connectivity index (χ1n) is 9.92. The lowest BCUT2D eigenvalue weighted by molar-refractivity contribution is 0.00976. The van der Waals surface area contributed by atoms with Gasteiger partial charge in [0.1, 0.15) is 11.2 Å². The van der Waals surface area contributed by atoms with Gasteiger partial charge in [0.25, 0.3) is 5.56 Å². The Labute approximate surface area is 171 Å². The van der Waals surface area contributed by atoms with Crippen LogP contribution in [-0.4, -0.2) is 53.2 Å². The maximum atomic E-state index is 15.6. The molecular formula is C20H27FN4O5. The average Bonchev–Trinajstić information content (AvgIpc) is 3.50. The fourth-order valence-electron chi connectivity index (χ4n) is 4.55. The van der Waals surface area contributed by atoms with E-state index in [4.69, 9.17) is 10.5 Å².